The zero-order valence-corrected chi connectivity index (χ0v) is 14.8. The van der Waals surface area contributed by atoms with E-state index in [-0.39, 0.29) is 10.5 Å². The molecule has 0 fully saturated rings. The molecule has 25 heavy (non-hydrogen) atoms. The highest BCUT2D eigenvalue weighted by Gasteiger charge is 2.18. The topological polar surface area (TPSA) is 98.4 Å². The lowest BCUT2D eigenvalue weighted by molar-refractivity contribution is 0.108. The summed E-state index contributed by atoms with van der Waals surface area (Å²) >= 11 is 5.40. The molecule has 0 aliphatic rings. The van der Waals surface area contributed by atoms with Crippen molar-refractivity contribution in [3.05, 3.63) is 58.1 Å². The fourth-order valence-corrected chi connectivity index (χ4v) is 3.66. The molecule has 0 aliphatic carbocycles. The van der Waals surface area contributed by atoms with Gasteiger partial charge in [-0.25, -0.2) is 13.2 Å². The van der Waals surface area contributed by atoms with Crippen LogP contribution in [0.3, 0.4) is 0 Å². The standard InChI is InChI=1S/C16H13ClN2O5S/c1-9-6-14-13(19(2)16(21)24-14)8-12(9)18-25(22,23)11-5-3-4-10(7-11)15(17)20/h3-8,18H,1-2H3. The molecule has 9 heteroatoms. The Morgan fingerprint density at radius 2 is 1.96 bits per heavy atom. The van der Waals surface area contributed by atoms with E-state index in [2.05, 4.69) is 4.72 Å². The maximum Gasteiger partial charge on any atom is 0.419 e. The molecule has 0 spiro atoms. The highest BCUT2D eigenvalue weighted by atomic mass is 35.5. The summed E-state index contributed by atoms with van der Waals surface area (Å²) in [6.45, 7) is 1.68. The van der Waals surface area contributed by atoms with Crippen molar-refractivity contribution in [2.45, 2.75) is 11.8 Å². The molecule has 0 atom stereocenters. The van der Waals surface area contributed by atoms with Crippen LogP contribution in [0.4, 0.5) is 5.69 Å². The van der Waals surface area contributed by atoms with E-state index in [1.54, 1.807) is 13.0 Å². The zero-order valence-electron chi connectivity index (χ0n) is 13.2. The Kier molecular flexibility index (Phi) is 4.18. The van der Waals surface area contributed by atoms with Crippen LogP contribution in [-0.4, -0.2) is 18.2 Å². The van der Waals surface area contributed by atoms with Crippen molar-refractivity contribution in [3.63, 3.8) is 0 Å². The molecule has 130 valence electrons. The minimum atomic E-state index is -3.95. The maximum absolute atomic E-state index is 12.6. The third-order valence-corrected chi connectivity index (χ3v) is 5.34. The summed E-state index contributed by atoms with van der Waals surface area (Å²) in [6, 6.07) is 8.50. The van der Waals surface area contributed by atoms with Crippen molar-refractivity contribution < 1.29 is 17.6 Å². The number of carbonyl (C=O) groups is 1. The molecule has 3 rings (SSSR count). The van der Waals surface area contributed by atoms with Gasteiger partial charge in [-0.1, -0.05) is 12.1 Å². The van der Waals surface area contributed by atoms with Gasteiger partial charge in [0.15, 0.2) is 5.58 Å². The van der Waals surface area contributed by atoms with Gasteiger partial charge in [-0.05, 0) is 48.4 Å². The molecule has 7 nitrogen and oxygen atoms in total. The van der Waals surface area contributed by atoms with E-state index in [4.69, 9.17) is 16.0 Å². The van der Waals surface area contributed by atoms with Crippen LogP contribution in [0.5, 0.6) is 0 Å². The predicted octanol–water partition coefficient (Wildman–Crippen LogP) is 2.62. The Balaban J connectivity index is 2.06. The summed E-state index contributed by atoms with van der Waals surface area (Å²) < 4.78 is 34.0. The third-order valence-electron chi connectivity index (χ3n) is 3.75. The Hall–Kier alpha value is -2.58. The number of fused-ring (bicyclic) bond motifs is 1. The summed E-state index contributed by atoms with van der Waals surface area (Å²) in [5.74, 6) is -0.539. The van der Waals surface area contributed by atoms with Crippen molar-refractivity contribution in [2.24, 2.45) is 7.05 Å². The Morgan fingerprint density at radius 1 is 1.24 bits per heavy atom. The van der Waals surface area contributed by atoms with Crippen LogP contribution >= 0.6 is 11.6 Å². The van der Waals surface area contributed by atoms with Gasteiger partial charge in [0.05, 0.1) is 16.1 Å². The number of nitrogens with one attached hydrogen (secondary N) is 1. The van der Waals surface area contributed by atoms with Crippen LogP contribution in [0, 0.1) is 6.92 Å². The lowest BCUT2D eigenvalue weighted by atomic mass is 10.2. The largest absolute Gasteiger partial charge is 0.419 e. The number of nitrogens with zero attached hydrogens (tertiary/aromatic N) is 1. The van der Waals surface area contributed by atoms with Crippen LogP contribution in [0.2, 0.25) is 0 Å². The van der Waals surface area contributed by atoms with Gasteiger partial charge >= 0.3 is 5.76 Å². The molecule has 0 radical (unpaired) electrons. The normalized spacial score (nSPS) is 11.6. The number of anilines is 1. The summed E-state index contributed by atoms with van der Waals surface area (Å²) in [7, 11) is -2.42. The second-order valence-corrected chi connectivity index (χ2v) is 7.49. The molecule has 0 unspecified atom stereocenters. The van der Waals surface area contributed by atoms with Crippen molar-refractivity contribution in [1.29, 1.82) is 0 Å². The summed E-state index contributed by atoms with van der Waals surface area (Å²) in [6.07, 6.45) is 0. The van der Waals surface area contributed by atoms with Gasteiger partial charge in [0.25, 0.3) is 15.3 Å². The van der Waals surface area contributed by atoms with E-state index in [1.807, 2.05) is 0 Å². The van der Waals surface area contributed by atoms with Gasteiger partial charge in [0, 0.05) is 12.6 Å². The first-order valence-corrected chi connectivity index (χ1v) is 8.98. The molecular weight excluding hydrogens is 368 g/mol. The number of hydrogen-bond acceptors (Lipinski definition) is 5. The molecule has 0 bridgehead atoms. The lowest BCUT2D eigenvalue weighted by Gasteiger charge is -2.11. The number of rotatable bonds is 4. The maximum atomic E-state index is 12.6. The smallest absolute Gasteiger partial charge is 0.408 e. The first-order valence-electron chi connectivity index (χ1n) is 7.12. The average Bonchev–Trinajstić information content (AvgIpc) is 2.82. The van der Waals surface area contributed by atoms with E-state index >= 15 is 0 Å². The highest BCUT2D eigenvalue weighted by Crippen LogP contribution is 2.25. The number of halogens is 1. The lowest BCUT2D eigenvalue weighted by Crippen LogP contribution is -2.14. The second kappa shape index (κ2) is 6.05. The van der Waals surface area contributed by atoms with E-state index in [0.29, 0.717) is 22.4 Å². The fraction of sp³-hybridized carbons (Fsp3) is 0.125. The molecule has 2 aromatic carbocycles. The third kappa shape index (κ3) is 3.18. The molecule has 1 aromatic heterocycles. The van der Waals surface area contributed by atoms with E-state index < -0.39 is 21.0 Å². The number of aryl methyl sites for hydroxylation is 2. The molecular formula is C16H13ClN2O5S. The molecule has 0 aliphatic heterocycles. The van der Waals surface area contributed by atoms with E-state index in [1.165, 1.54) is 41.9 Å². The zero-order chi connectivity index (χ0) is 18.4. The molecule has 1 N–H and O–H groups in total. The van der Waals surface area contributed by atoms with Crippen LogP contribution in [0.1, 0.15) is 15.9 Å². The van der Waals surface area contributed by atoms with Crippen molar-refractivity contribution in [2.75, 3.05) is 4.72 Å². The number of benzene rings is 2. The number of hydrogen-bond donors (Lipinski definition) is 1. The highest BCUT2D eigenvalue weighted by molar-refractivity contribution is 7.92. The first kappa shape index (κ1) is 17.2. The van der Waals surface area contributed by atoms with Gasteiger partial charge in [0.1, 0.15) is 0 Å². The Morgan fingerprint density at radius 3 is 2.64 bits per heavy atom. The van der Waals surface area contributed by atoms with Gasteiger partial charge in [-0.2, -0.15) is 0 Å². The predicted molar refractivity (Wildman–Crippen MR) is 93.6 cm³/mol. The summed E-state index contributed by atoms with van der Waals surface area (Å²) in [5, 5.41) is -0.747. The molecule has 1 heterocycles. The Labute approximate surface area is 147 Å². The van der Waals surface area contributed by atoms with Gasteiger partial charge in [-0.15, -0.1) is 0 Å². The summed E-state index contributed by atoms with van der Waals surface area (Å²) in [5.41, 5.74) is 1.77. The number of sulfonamides is 1. The van der Waals surface area contributed by atoms with Crippen molar-refractivity contribution >= 4 is 43.7 Å². The second-order valence-electron chi connectivity index (χ2n) is 5.47. The van der Waals surface area contributed by atoms with E-state index in [9.17, 15) is 18.0 Å². The molecule has 0 saturated heterocycles. The summed E-state index contributed by atoms with van der Waals surface area (Å²) in [4.78, 5) is 22.7. The number of aromatic nitrogens is 1. The first-order chi connectivity index (χ1) is 11.7. The van der Waals surface area contributed by atoms with Gasteiger partial charge in [0.2, 0.25) is 0 Å². The Bertz CT molecular complexity index is 1160. The van der Waals surface area contributed by atoms with Crippen LogP contribution in [-0.2, 0) is 17.1 Å². The average molecular weight is 381 g/mol. The fourth-order valence-electron chi connectivity index (χ4n) is 2.37. The SMILES string of the molecule is Cc1cc2oc(=O)n(C)c2cc1NS(=O)(=O)c1cccc(C(=O)Cl)c1. The molecule has 3 aromatic rings. The van der Waals surface area contributed by atoms with Crippen LogP contribution < -0.4 is 10.5 Å². The van der Waals surface area contributed by atoms with E-state index in [0.717, 1.165) is 0 Å². The minimum absolute atomic E-state index is 0.0777. The van der Waals surface area contributed by atoms with Crippen molar-refractivity contribution in [1.82, 2.24) is 4.57 Å². The number of carbonyl (C=O) groups excluding carboxylic acids is 1. The molecule has 0 saturated carbocycles. The monoisotopic (exact) mass is 380 g/mol. The van der Waals surface area contributed by atoms with Crippen molar-refractivity contribution in [3.8, 4) is 0 Å². The minimum Gasteiger partial charge on any atom is -0.408 e. The van der Waals surface area contributed by atoms with Crippen LogP contribution in [0.15, 0.2) is 50.5 Å². The van der Waals surface area contributed by atoms with Crippen LogP contribution in [0.25, 0.3) is 11.1 Å². The van der Waals surface area contributed by atoms with Gasteiger partial charge < -0.3 is 4.42 Å². The quantitative estimate of drug-likeness (QED) is 0.701. The number of oxazole rings is 1. The van der Waals surface area contributed by atoms with Gasteiger partial charge in [-0.3, -0.25) is 14.1 Å². The molecule has 0 amide bonds.